The van der Waals surface area contributed by atoms with Crippen LogP contribution in [0.4, 0.5) is 0 Å². The van der Waals surface area contributed by atoms with Crippen molar-refractivity contribution < 1.29 is 9.69 Å². The van der Waals surface area contributed by atoms with E-state index >= 15 is 0 Å². The van der Waals surface area contributed by atoms with Crippen LogP contribution in [0.3, 0.4) is 0 Å². The van der Waals surface area contributed by atoms with Gasteiger partial charge in [-0.2, -0.15) is 0 Å². The van der Waals surface area contributed by atoms with Crippen LogP contribution in [0.15, 0.2) is 24.3 Å². The van der Waals surface area contributed by atoms with Crippen molar-refractivity contribution in [1.29, 1.82) is 0 Å². The molecule has 3 rings (SSSR count). The predicted octanol–water partition coefficient (Wildman–Crippen LogP) is 0.792. The molecule has 1 fully saturated rings. The van der Waals surface area contributed by atoms with Crippen molar-refractivity contribution in [3.63, 3.8) is 0 Å². The van der Waals surface area contributed by atoms with Crippen LogP contribution in [0.1, 0.15) is 10.5 Å². The molecule has 2 heterocycles. The first-order valence-electron chi connectivity index (χ1n) is 6.52. The van der Waals surface area contributed by atoms with Gasteiger partial charge >= 0.3 is 0 Å². The summed E-state index contributed by atoms with van der Waals surface area (Å²) in [5.41, 5.74) is 1.60. The average molecular weight is 279 g/mol. The summed E-state index contributed by atoms with van der Waals surface area (Å²) in [7, 11) is 2.16. The second kappa shape index (κ2) is 4.87. The lowest BCUT2D eigenvalue weighted by molar-refractivity contribution is -0.883. The summed E-state index contributed by atoms with van der Waals surface area (Å²) in [6.45, 7) is 3.66. The lowest BCUT2D eigenvalue weighted by Gasteiger charge is -2.29. The third-order valence-electron chi connectivity index (χ3n) is 3.72. The zero-order chi connectivity index (χ0) is 13.4. The van der Waals surface area contributed by atoms with E-state index in [1.54, 1.807) is 0 Å². The molecule has 0 atom stereocenters. The average Bonchev–Trinajstić information content (AvgIpc) is 2.81. The van der Waals surface area contributed by atoms with Gasteiger partial charge in [-0.25, -0.2) is 0 Å². The second-order valence-corrected chi connectivity index (χ2v) is 5.60. The normalized spacial score (nSPS) is 17.1. The zero-order valence-corrected chi connectivity index (χ0v) is 11.6. The number of quaternary nitrogens is 1. The molecule has 19 heavy (non-hydrogen) atoms. The van der Waals surface area contributed by atoms with Crippen molar-refractivity contribution in [2.24, 2.45) is 0 Å². The molecule has 1 amide bonds. The second-order valence-electron chi connectivity index (χ2n) is 5.16. The van der Waals surface area contributed by atoms with Crippen molar-refractivity contribution in [2.45, 2.75) is 0 Å². The third-order valence-corrected chi connectivity index (χ3v) is 3.95. The number of halogens is 1. The first-order valence-corrected chi connectivity index (χ1v) is 6.90. The summed E-state index contributed by atoms with van der Waals surface area (Å²) in [5, 5.41) is 1.67. The van der Waals surface area contributed by atoms with E-state index < -0.39 is 0 Å². The molecule has 0 bridgehead atoms. The molecule has 1 aliphatic heterocycles. The predicted molar refractivity (Wildman–Crippen MR) is 75.8 cm³/mol. The molecule has 0 saturated carbocycles. The number of hydrogen-bond donors (Lipinski definition) is 2. The first-order chi connectivity index (χ1) is 9.13. The molecule has 0 aliphatic carbocycles. The fourth-order valence-corrected chi connectivity index (χ4v) is 2.66. The number of piperazine rings is 1. The highest BCUT2D eigenvalue weighted by molar-refractivity contribution is 6.31. The van der Waals surface area contributed by atoms with Crippen LogP contribution < -0.4 is 4.90 Å². The maximum atomic E-state index is 12.4. The Kier molecular flexibility index (Phi) is 3.21. The maximum absolute atomic E-state index is 12.4. The number of hydrogen-bond acceptors (Lipinski definition) is 1. The van der Waals surface area contributed by atoms with Gasteiger partial charge in [-0.3, -0.25) is 4.79 Å². The van der Waals surface area contributed by atoms with E-state index in [-0.39, 0.29) is 5.91 Å². The van der Waals surface area contributed by atoms with Crippen molar-refractivity contribution >= 4 is 28.4 Å². The van der Waals surface area contributed by atoms with Gasteiger partial charge in [0.25, 0.3) is 5.91 Å². The molecule has 1 aromatic carbocycles. The van der Waals surface area contributed by atoms with Crippen LogP contribution in [-0.4, -0.2) is 49.0 Å². The number of likely N-dealkylation sites (N-methyl/N-ethyl adjacent to an activating group) is 1. The Labute approximate surface area is 116 Å². The summed E-state index contributed by atoms with van der Waals surface area (Å²) in [6.07, 6.45) is 0. The van der Waals surface area contributed by atoms with Crippen LogP contribution in [0.25, 0.3) is 10.9 Å². The molecule has 100 valence electrons. The minimum atomic E-state index is 0.0832. The number of rotatable bonds is 1. The smallest absolute Gasteiger partial charge is 0.270 e. The van der Waals surface area contributed by atoms with Gasteiger partial charge in [0.15, 0.2) is 0 Å². The Morgan fingerprint density at radius 2 is 2.05 bits per heavy atom. The Morgan fingerprint density at radius 1 is 1.32 bits per heavy atom. The lowest BCUT2D eigenvalue weighted by atomic mass is 10.2. The summed E-state index contributed by atoms with van der Waals surface area (Å²) in [4.78, 5) is 19.0. The molecule has 0 spiro atoms. The van der Waals surface area contributed by atoms with E-state index in [0.29, 0.717) is 10.7 Å². The van der Waals surface area contributed by atoms with Gasteiger partial charge in [-0.1, -0.05) is 11.6 Å². The summed E-state index contributed by atoms with van der Waals surface area (Å²) < 4.78 is 0. The molecule has 2 N–H and O–H groups in total. The van der Waals surface area contributed by atoms with E-state index in [2.05, 4.69) is 12.0 Å². The Balaban J connectivity index is 1.85. The summed E-state index contributed by atoms with van der Waals surface area (Å²) >= 11 is 5.96. The fourth-order valence-electron chi connectivity index (χ4n) is 2.48. The van der Waals surface area contributed by atoms with Crippen LogP contribution in [0.2, 0.25) is 5.02 Å². The molecular formula is C14H17ClN3O+. The molecule has 5 heteroatoms. The topological polar surface area (TPSA) is 40.5 Å². The molecule has 1 saturated heterocycles. The van der Waals surface area contributed by atoms with Crippen molar-refractivity contribution in [3.8, 4) is 0 Å². The van der Waals surface area contributed by atoms with Gasteiger partial charge < -0.3 is 14.8 Å². The summed E-state index contributed by atoms with van der Waals surface area (Å²) in [6, 6.07) is 7.49. The summed E-state index contributed by atoms with van der Waals surface area (Å²) in [5.74, 6) is 0.0832. The van der Waals surface area contributed by atoms with Crippen molar-refractivity contribution in [3.05, 3.63) is 35.0 Å². The first kappa shape index (κ1) is 12.5. The number of nitrogens with zero attached hydrogens (tertiary/aromatic N) is 1. The number of nitrogens with one attached hydrogen (secondary N) is 2. The minimum Gasteiger partial charge on any atom is -0.351 e. The quantitative estimate of drug-likeness (QED) is 0.796. The van der Waals surface area contributed by atoms with E-state index in [9.17, 15) is 4.79 Å². The molecular weight excluding hydrogens is 262 g/mol. The number of benzene rings is 1. The number of aromatic nitrogens is 1. The van der Waals surface area contributed by atoms with Gasteiger partial charge in [-0.05, 0) is 24.3 Å². The maximum Gasteiger partial charge on any atom is 0.270 e. The molecule has 1 aliphatic rings. The van der Waals surface area contributed by atoms with E-state index in [0.717, 1.165) is 37.1 Å². The highest BCUT2D eigenvalue weighted by Crippen LogP contribution is 2.20. The van der Waals surface area contributed by atoms with Crippen LogP contribution >= 0.6 is 11.6 Å². The largest absolute Gasteiger partial charge is 0.351 e. The molecule has 0 radical (unpaired) electrons. The standard InChI is InChI=1S/C14H16ClN3O/c1-17-4-6-18(7-5-17)14(19)13-9-10-8-11(15)2-3-12(10)16-13/h2-3,8-9,16H,4-7H2,1H3/p+1. The molecule has 1 aromatic heterocycles. The Bertz CT molecular complexity index is 614. The van der Waals surface area contributed by atoms with Crippen LogP contribution in [-0.2, 0) is 0 Å². The number of carbonyl (C=O) groups excluding carboxylic acids is 1. The number of amides is 1. The molecule has 4 nitrogen and oxygen atoms in total. The van der Waals surface area contributed by atoms with Crippen molar-refractivity contribution in [2.75, 3.05) is 33.2 Å². The minimum absolute atomic E-state index is 0.0832. The third kappa shape index (κ3) is 2.46. The zero-order valence-electron chi connectivity index (χ0n) is 10.9. The molecule has 2 aromatic rings. The van der Waals surface area contributed by atoms with Crippen molar-refractivity contribution in [1.82, 2.24) is 9.88 Å². The number of H-pyrrole nitrogens is 1. The van der Waals surface area contributed by atoms with Gasteiger partial charge in [0.05, 0.1) is 33.2 Å². The number of carbonyl (C=O) groups is 1. The monoisotopic (exact) mass is 278 g/mol. The van der Waals surface area contributed by atoms with Gasteiger partial charge in [0.1, 0.15) is 5.69 Å². The van der Waals surface area contributed by atoms with Crippen LogP contribution in [0.5, 0.6) is 0 Å². The lowest BCUT2D eigenvalue weighted by Crippen LogP contribution is -3.12. The van der Waals surface area contributed by atoms with E-state index in [4.69, 9.17) is 11.6 Å². The van der Waals surface area contributed by atoms with E-state index in [1.165, 1.54) is 4.90 Å². The van der Waals surface area contributed by atoms with E-state index in [1.807, 2.05) is 29.2 Å². The molecule has 0 unspecified atom stereocenters. The Morgan fingerprint density at radius 3 is 2.79 bits per heavy atom. The van der Waals surface area contributed by atoms with Gasteiger partial charge in [0, 0.05) is 15.9 Å². The fraction of sp³-hybridized carbons (Fsp3) is 0.357. The highest BCUT2D eigenvalue weighted by Gasteiger charge is 2.23. The number of aromatic amines is 1. The highest BCUT2D eigenvalue weighted by atomic mass is 35.5. The van der Waals surface area contributed by atoms with Gasteiger partial charge in [-0.15, -0.1) is 0 Å². The van der Waals surface area contributed by atoms with Crippen LogP contribution in [0, 0.1) is 0 Å². The number of fused-ring (bicyclic) bond motifs is 1. The SMILES string of the molecule is C[NH+]1CCN(C(=O)c2cc3cc(Cl)ccc3[nH]2)CC1. The van der Waals surface area contributed by atoms with Gasteiger partial charge in [0.2, 0.25) is 0 Å². The Hall–Kier alpha value is -1.52.